The van der Waals surface area contributed by atoms with Gasteiger partial charge in [0.15, 0.2) is 5.82 Å². The third kappa shape index (κ3) is 5.47. The van der Waals surface area contributed by atoms with Crippen molar-refractivity contribution in [3.05, 3.63) is 59.5 Å². The lowest BCUT2D eigenvalue weighted by Crippen LogP contribution is -2.54. The molecule has 262 valence electrons. The number of carbonyl (C=O) groups is 1. The number of thiophene rings is 1. The average Bonchev–Trinajstić information content (AvgIpc) is 3.72. The molecule has 2 N–H and O–H groups in total. The minimum absolute atomic E-state index is 0.0212. The highest BCUT2D eigenvalue weighted by Gasteiger charge is 2.49. The second kappa shape index (κ2) is 12.3. The van der Waals surface area contributed by atoms with E-state index in [-0.39, 0.29) is 88.7 Å². The number of nitrogen functional groups attached to an aromatic ring is 1. The number of halogens is 6. The van der Waals surface area contributed by atoms with Crippen molar-refractivity contribution in [2.45, 2.75) is 50.1 Å². The van der Waals surface area contributed by atoms with Crippen molar-refractivity contribution < 1.29 is 35.9 Å². The van der Waals surface area contributed by atoms with E-state index in [2.05, 4.69) is 21.4 Å². The highest BCUT2D eigenvalue weighted by Crippen LogP contribution is 2.51. The summed E-state index contributed by atoms with van der Waals surface area (Å²) in [4.78, 5) is 29.8. The van der Waals surface area contributed by atoms with E-state index >= 15 is 4.39 Å². The first kappa shape index (κ1) is 33.9. The summed E-state index contributed by atoms with van der Waals surface area (Å²) in [6.07, 6.45) is -3.28. The topological polar surface area (TPSA) is 92.2 Å². The van der Waals surface area contributed by atoms with Crippen LogP contribution < -0.4 is 15.4 Å². The molecule has 3 aliphatic rings. The second-order valence-electron chi connectivity index (χ2n) is 13.0. The standard InChI is InChI=1S/C34H31F6N7O2S/c1-4-23(48)47-11-10-45(14-17(47)2)31-20-12-21(34(38,39)40)24(19-6-7-22(36)29-25(19)28(42-3)30(41)50-29)26(37)27(20)43-32(44-31)49-16-33-8-5-9-46(33)15-18(35)13-33/h4,6-7,12,17-18H,1,5,8-11,13-16,41H2,2H3/t17-,18+,33-/m0/s1. The van der Waals surface area contributed by atoms with Gasteiger partial charge in [0.1, 0.15) is 29.9 Å². The first-order valence-corrected chi connectivity index (χ1v) is 16.8. The summed E-state index contributed by atoms with van der Waals surface area (Å²) in [6, 6.07) is 1.93. The number of hydrogen-bond acceptors (Lipinski definition) is 8. The van der Waals surface area contributed by atoms with Crippen LogP contribution in [0.1, 0.15) is 31.7 Å². The molecule has 3 atom stereocenters. The average molecular weight is 716 g/mol. The lowest BCUT2D eigenvalue weighted by atomic mass is 9.93. The molecule has 3 fully saturated rings. The van der Waals surface area contributed by atoms with Gasteiger partial charge in [0.25, 0.3) is 0 Å². The maximum absolute atomic E-state index is 17.1. The Morgan fingerprint density at radius 1 is 1.24 bits per heavy atom. The van der Waals surface area contributed by atoms with Gasteiger partial charge in [0.05, 0.1) is 27.4 Å². The van der Waals surface area contributed by atoms with E-state index in [1.807, 2.05) is 4.90 Å². The maximum atomic E-state index is 17.1. The summed E-state index contributed by atoms with van der Waals surface area (Å²) in [6.45, 7) is 14.3. The van der Waals surface area contributed by atoms with Crippen LogP contribution in [-0.2, 0) is 11.0 Å². The molecule has 3 aliphatic heterocycles. The fraction of sp³-hybridized carbons (Fsp3) is 0.412. The number of fused-ring (bicyclic) bond motifs is 3. The molecular weight excluding hydrogens is 684 g/mol. The molecule has 0 bridgehead atoms. The SMILES string of the molecule is [C-]#[N+]c1c(N)sc2c(F)ccc(-c3c(C(F)(F)F)cc4c(N5CCN(C(=O)C=C)[C@@H](C)C5)nc(OC[C@@]56CCCN5C[C@H](F)C6)nc4c3F)c12. The summed E-state index contributed by atoms with van der Waals surface area (Å²) < 4.78 is 97.3. The summed E-state index contributed by atoms with van der Waals surface area (Å²) in [5, 5.41) is -0.626. The Balaban J connectivity index is 1.44. The summed E-state index contributed by atoms with van der Waals surface area (Å²) in [5.74, 6) is -2.56. The number of rotatable bonds is 6. The molecule has 9 nitrogen and oxygen atoms in total. The fourth-order valence-electron chi connectivity index (χ4n) is 7.72. The van der Waals surface area contributed by atoms with E-state index in [9.17, 15) is 26.7 Å². The zero-order valence-electron chi connectivity index (χ0n) is 26.8. The Labute approximate surface area is 286 Å². The third-order valence-corrected chi connectivity index (χ3v) is 11.0. The normalized spacial score (nSPS) is 22.7. The summed E-state index contributed by atoms with van der Waals surface area (Å²) >= 11 is 0.683. The van der Waals surface area contributed by atoms with Crippen LogP contribution in [0.25, 0.3) is 37.0 Å². The number of aromatic nitrogens is 2. The van der Waals surface area contributed by atoms with Gasteiger partial charge < -0.3 is 20.3 Å². The lowest BCUT2D eigenvalue weighted by Gasteiger charge is -2.40. The number of piperazine rings is 1. The molecule has 0 unspecified atom stereocenters. The molecule has 2 aromatic heterocycles. The van der Waals surface area contributed by atoms with Crippen molar-refractivity contribution in [3.8, 4) is 17.1 Å². The maximum Gasteiger partial charge on any atom is 0.417 e. The molecule has 3 saturated heterocycles. The van der Waals surface area contributed by atoms with E-state index < -0.39 is 52.2 Å². The van der Waals surface area contributed by atoms with Crippen LogP contribution in [0.4, 0.5) is 42.8 Å². The first-order valence-electron chi connectivity index (χ1n) is 16.0. The molecule has 0 aliphatic carbocycles. The monoisotopic (exact) mass is 715 g/mol. The van der Waals surface area contributed by atoms with E-state index in [0.29, 0.717) is 24.3 Å². The predicted octanol–water partition coefficient (Wildman–Crippen LogP) is 7.12. The van der Waals surface area contributed by atoms with Gasteiger partial charge in [-0.25, -0.2) is 18.0 Å². The largest absolute Gasteiger partial charge is 0.461 e. The molecule has 4 aromatic rings. The van der Waals surface area contributed by atoms with Gasteiger partial charge in [-0.05, 0) is 50.1 Å². The predicted molar refractivity (Wildman–Crippen MR) is 178 cm³/mol. The molecule has 2 aromatic carbocycles. The Morgan fingerprint density at radius 3 is 2.72 bits per heavy atom. The summed E-state index contributed by atoms with van der Waals surface area (Å²) in [5.41, 5.74) is 1.86. The highest BCUT2D eigenvalue weighted by atomic mass is 32.1. The quantitative estimate of drug-likeness (QED) is 0.129. The summed E-state index contributed by atoms with van der Waals surface area (Å²) in [7, 11) is 0. The van der Waals surface area contributed by atoms with Crippen LogP contribution >= 0.6 is 11.3 Å². The van der Waals surface area contributed by atoms with Gasteiger partial charge in [0, 0.05) is 55.0 Å². The van der Waals surface area contributed by atoms with E-state index in [4.69, 9.17) is 17.0 Å². The molecule has 5 heterocycles. The molecule has 0 radical (unpaired) electrons. The zero-order chi connectivity index (χ0) is 35.7. The van der Waals surface area contributed by atoms with E-state index in [0.717, 1.165) is 24.6 Å². The van der Waals surface area contributed by atoms with Crippen molar-refractivity contribution in [1.29, 1.82) is 0 Å². The van der Waals surface area contributed by atoms with E-state index in [1.54, 1.807) is 16.7 Å². The number of anilines is 2. The van der Waals surface area contributed by atoms with Gasteiger partial charge in [-0.15, -0.1) is 11.3 Å². The van der Waals surface area contributed by atoms with Crippen molar-refractivity contribution in [3.63, 3.8) is 0 Å². The molecule has 50 heavy (non-hydrogen) atoms. The number of nitrogens with two attached hydrogens (primary N) is 1. The number of benzene rings is 2. The van der Waals surface area contributed by atoms with Gasteiger partial charge in [-0.2, -0.15) is 23.1 Å². The lowest BCUT2D eigenvalue weighted by molar-refractivity contribution is -0.137. The molecule has 16 heteroatoms. The fourth-order valence-corrected chi connectivity index (χ4v) is 8.66. The van der Waals surface area contributed by atoms with Crippen LogP contribution in [0.5, 0.6) is 6.01 Å². The second-order valence-corrected chi connectivity index (χ2v) is 14.0. The van der Waals surface area contributed by atoms with E-state index in [1.165, 1.54) is 6.08 Å². The molecular formula is C34H31F6N7O2S. The van der Waals surface area contributed by atoms with Crippen LogP contribution in [0.3, 0.4) is 0 Å². The smallest absolute Gasteiger partial charge is 0.417 e. The number of hydrogen-bond donors (Lipinski definition) is 1. The Bertz CT molecular complexity index is 2100. The number of ether oxygens (including phenoxy) is 1. The number of amides is 1. The molecule has 1 amide bonds. The van der Waals surface area contributed by atoms with Gasteiger partial charge in [-0.3, -0.25) is 9.69 Å². The number of carbonyl (C=O) groups excluding carboxylic acids is 1. The highest BCUT2D eigenvalue weighted by molar-refractivity contribution is 7.23. The Kier molecular flexibility index (Phi) is 8.33. The minimum atomic E-state index is -5.11. The van der Waals surface area contributed by atoms with Crippen LogP contribution in [0.15, 0.2) is 30.9 Å². The van der Waals surface area contributed by atoms with Crippen molar-refractivity contribution >= 4 is 54.7 Å². The third-order valence-electron chi connectivity index (χ3n) is 9.98. The van der Waals surface area contributed by atoms with Gasteiger partial charge in [-0.1, -0.05) is 12.6 Å². The van der Waals surface area contributed by atoms with Crippen molar-refractivity contribution in [2.24, 2.45) is 0 Å². The first-order chi connectivity index (χ1) is 23.8. The van der Waals surface area contributed by atoms with Crippen LogP contribution in [0, 0.1) is 18.2 Å². The molecule has 0 saturated carbocycles. The van der Waals surface area contributed by atoms with Crippen LogP contribution in [-0.4, -0.2) is 82.8 Å². The van der Waals surface area contributed by atoms with Gasteiger partial charge in [0.2, 0.25) is 11.6 Å². The Hall–Kier alpha value is -4.62. The van der Waals surface area contributed by atoms with Crippen molar-refractivity contribution in [1.82, 2.24) is 19.8 Å². The number of nitrogens with zero attached hydrogens (tertiary/aromatic N) is 6. The Morgan fingerprint density at radius 2 is 2.02 bits per heavy atom. The number of alkyl halides is 4. The van der Waals surface area contributed by atoms with Gasteiger partial charge >= 0.3 is 12.2 Å². The zero-order valence-corrected chi connectivity index (χ0v) is 27.6. The van der Waals surface area contributed by atoms with Crippen molar-refractivity contribution in [2.75, 3.05) is 50.0 Å². The molecule has 7 rings (SSSR count). The molecule has 0 spiro atoms. The minimum Gasteiger partial charge on any atom is -0.461 e. The van der Waals surface area contributed by atoms with Crippen LogP contribution in [0.2, 0.25) is 0 Å².